The first kappa shape index (κ1) is 19.4. The lowest BCUT2D eigenvalue weighted by Crippen LogP contribution is -2.14. The third-order valence-corrected chi connectivity index (χ3v) is 5.25. The number of hydrogen-bond donors (Lipinski definition) is 2. The van der Waals surface area contributed by atoms with Gasteiger partial charge in [-0.1, -0.05) is 24.3 Å². The fourth-order valence-electron chi connectivity index (χ4n) is 2.53. The van der Waals surface area contributed by atoms with Crippen molar-refractivity contribution in [3.05, 3.63) is 84.4 Å². The van der Waals surface area contributed by atoms with Crippen molar-refractivity contribution >= 4 is 27.3 Å². The fourth-order valence-corrected chi connectivity index (χ4v) is 3.59. The molecule has 0 aliphatic heterocycles. The van der Waals surface area contributed by atoms with Gasteiger partial charge in [0.25, 0.3) is 15.9 Å². The molecular formula is C21H20N2O4S. The minimum Gasteiger partial charge on any atom is -0.494 e. The van der Waals surface area contributed by atoms with Crippen LogP contribution in [0.15, 0.2) is 83.8 Å². The molecular weight excluding hydrogens is 376 g/mol. The Morgan fingerprint density at radius 2 is 1.61 bits per heavy atom. The average molecular weight is 396 g/mol. The molecule has 0 atom stereocenters. The number of nitrogens with one attached hydrogen (secondary N) is 2. The Bertz CT molecular complexity index is 1050. The molecule has 2 N–H and O–H groups in total. The number of amides is 1. The first-order chi connectivity index (χ1) is 13.5. The molecule has 28 heavy (non-hydrogen) atoms. The van der Waals surface area contributed by atoms with Crippen molar-refractivity contribution in [3.63, 3.8) is 0 Å². The van der Waals surface area contributed by atoms with Gasteiger partial charge in [0.05, 0.1) is 11.5 Å². The van der Waals surface area contributed by atoms with E-state index in [1.165, 1.54) is 12.1 Å². The zero-order chi connectivity index (χ0) is 20.0. The Balaban J connectivity index is 1.70. The van der Waals surface area contributed by atoms with Crippen molar-refractivity contribution in [1.29, 1.82) is 0 Å². The minimum absolute atomic E-state index is 0.104. The van der Waals surface area contributed by atoms with Gasteiger partial charge in [-0.25, -0.2) is 8.42 Å². The summed E-state index contributed by atoms with van der Waals surface area (Å²) in [7, 11) is -3.70. The van der Waals surface area contributed by atoms with Crippen LogP contribution in [0, 0.1) is 0 Å². The molecule has 1 amide bonds. The number of carbonyl (C=O) groups is 1. The number of carbonyl (C=O) groups excluding carboxylic acids is 1. The lowest BCUT2D eigenvalue weighted by atomic mass is 10.2. The van der Waals surface area contributed by atoms with Gasteiger partial charge in [0.2, 0.25) is 0 Å². The van der Waals surface area contributed by atoms with E-state index in [0.717, 1.165) is 0 Å². The van der Waals surface area contributed by atoms with Crippen LogP contribution in [-0.4, -0.2) is 20.9 Å². The molecule has 6 nitrogen and oxygen atoms in total. The average Bonchev–Trinajstić information content (AvgIpc) is 2.69. The van der Waals surface area contributed by atoms with Crippen molar-refractivity contribution in [2.45, 2.75) is 11.8 Å². The number of ether oxygens (including phenoxy) is 1. The Labute approximate surface area is 164 Å². The van der Waals surface area contributed by atoms with Gasteiger partial charge in [-0.2, -0.15) is 0 Å². The Hall–Kier alpha value is -3.32. The predicted molar refractivity (Wildman–Crippen MR) is 109 cm³/mol. The van der Waals surface area contributed by atoms with Crippen molar-refractivity contribution in [2.75, 3.05) is 16.6 Å². The summed E-state index contributed by atoms with van der Waals surface area (Å²) in [6.07, 6.45) is 0. The highest BCUT2D eigenvalue weighted by Crippen LogP contribution is 2.19. The maximum absolute atomic E-state index is 12.4. The largest absolute Gasteiger partial charge is 0.494 e. The number of hydrogen-bond acceptors (Lipinski definition) is 4. The van der Waals surface area contributed by atoms with Crippen molar-refractivity contribution in [3.8, 4) is 5.75 Å². The highest BCUT2D eigenvalue weighted by Gasteiger charge is 2.14. The Morgan fingerprint density at radius 1 is 0.893 bits per heavy atom. The molecule has 0 radical (unpaired) electrons. The van der Waals surface area contributed by atoms with Crippen LogP contribution < -0.4 is 14.8 Å². The molecule has 0 spiro atoms. The van der Waals surface area contributed by atoms with Gasteiger partial charge >= 0.3 is 0 Å². The number of anilines is 2. The summed E-state index contributed by atoms with van der Waals surface area (Å²) in [5.41, 5.74) is 1.42. The Morgan fingerprint density at radius 3 is 2.29 bits per heavy atom. The zero-order valence-electron chi connectivity index (χ0n) is 15.3. The zero-order valence-corrected chi connectivity index (χ0v) is 16.1. The van der Waals surface area contributed by atoms with E-state index in [2.05, 4.69) is 10.0 Å². The van der Waals surface area contributed by atoms with Crippen LogP contribution in [0.1, 0.15) is 17.3 Å². The first-order valence-electron chi connectivity index (χ1n) is 8.70. The molecule has 3 aromatic rings. The molecule has 0 saturated heterocycles. The summed E-state index contributed by atoms with van der Waals surface area (Å²) in [5, 5.41) is 2.75. The van der Waals surface area contributed by atoms with Crippen molar-refractivity contribution < 1.29 is 17.9 Å². The minimum atomic E-state index is -3.70. The number of rotatable bonds is 7. The van der Waals surface area contributed by atoms with Gasteiger partial charge < -0.3 is 10.1 Å². The van der Waals surface area contributed by atoms with Crippen LogP contribution in [0.5, 0.6) is 5.75 Å². The molecule has 0 heterocycles. The first-order valence-corrected chi connectivity index (χ1v) is 10.2. The maximum Gasteiger partial charge on any atom is 0.261 e. The quantitative estimate of drug-likeness (QED) is 0.629. The molecule has 7 heteroatoms. The molecule has 0 unspecified atom stereocenters. The van der Waals surface area contributed by atoms with E-state index in [9.17, 15) is 13.2 Å². The molecule has 3 aromatic carbocycles. The monoisotopic (exact) mass is 396 g/mol. The van der Waals surface area contributed by atoms with Gasteiger partial charge in [0.1, 0.15) is 5.75 Å². The second-order valence-corrected chi connectivity index (χ2v) is 7.59. The molecule has 0 fully saturated rings. The highest BCUT2D eigenvalue weighted by atomic mass is 32.2. The molecule has 0 aromatic heterocycles. The summed E-state index contributed by atoms with van der Waals surface area (Å²) in [4.78, 5) is 12.5. The van der Waals surface area contributed by atoms with E-state index in [1.54, 1.807) is 66.7 Å². The standard InChI is InChI=1S/C21H20N2O4S/c1-2-27-19-10-6-7-16(15-19)21(24)22-17-11-13-20(14-12-17)28(25,26)23-18-8-4-3-5-9-18/h3-15,23H,2H2,1H3,(H,22,24). The normalized spacial score (nSPS) is 10.9. The van der Waals surface area contributed by atoms with Crippen molar-refractivity contribution in [1.82, 2.24) is 0 Å². The van der Waals surface area contributed by atoms with Gasteiger partial charge in [0.15, 0.2) is 0 Å². The second-order valence-electron chi connectivity index (χ2n) is 5.91. The van der Waals surface area contributed by atoms with E-state index in [4.69, 9.17) is 4.74 Å². The lowest BCUT2D eigenvalue weighted by Gasteiger charge is -2.10. The maximum atomic E-state index is 12.4. The second kappa shape index (κ2) is 8.58. The predicted octanol–water partition coefficient (Wildman–Crippen LogP) is 4.14. The lowest BCUT2D eigenvalue weighted by molar-refractivity contribution is 0.102. The third kappa shape index (κ3) is 4.89. The third-order valence-electron chi connectivity index (χ3n) is 3.86. The number of benzene rings is 3. The van der Waals surface area contributed by atoms with Crippen LogP contribution in [0.25, 0.3) is 0 Å². The molecule has 144 valence electrons. The summed E-state index contributed by atoms with van der Waals surface area (Å²) >= 11 is 0. The fraction of sp³-hybridized carbons (Fsp3) is 0.0952. The van der Waals surface area contributed by atoms with Crippen LogP contribution in [0.4, 0.5) is 11.4 Å². The smallest absolute Gasteiger partial charge is 0.261 e. The van der Waals surface area contributed by atoms with Gasteiger partial charge in [-0.15, -0.1) is 0 Å². The highest BCUT2D eigenvalue weighted by molar-refractivity contribution is 7.92. The Kier molecular flexibility index (Phi) is 5.96. The van der Waals surface area contributed by atoms with E-state index in [-0.39, 0.29) is 10.8 Å². The van der Waals surface area contributed by atoms with E-state index < -0.39 is 10.0 Å². The summed E-state index contributed by atoms with van der Waals surface area (Å²) in [5.74, 6) is 0.308. The molecule has 0 bridgehead atoms. The molecule has 0 saturated carbocycles. The van der Waals surface area contributed by atoms with Crippen LogP contribution in [0.3, 0.4) is 0 Å². The summed E-state index contributed by atoms with van der Waals surface area (Å²) < 4.78 is 32.8. The SMILES string of the molecule is CCOc1cccc(C(=O)Nc2ccc(S(=O)(=O)Nc3ccccc3)cc2)c1. The molecule has 0 aliphatic rings. The number of para-hydroxylation sites is 1. The van der Waals surface area contributed by atoms with Gasteiger partial charge in [-0.05, 0) is 61.5 Å². The number of sulfonamides is 1. The summed E-state index contributed by atoms with van der Waals surface area (Å²) in [6, 6.07) is 21.5. The van der Waals surface area contributed by atoms with Crippen LogP contribution in [-0.2, 0) is 10.0 Å². The van der Waals surface area contributed by atoms with Crippen LogP contribution >= 0.6 is 0 Å². The van der Waals surface area contributed by atoms with E-state index in [1.807, 2.05) is 6.92 Å². The van der Waals surface area contributed by atoms with E-state index >= 15 is 0 Å². The topological polar surface area (TPSA) is 84.5 Å². The van der Waals surface area contributed by atoms with Gasteiger partial charge in [0, 0.05) is 16.9 Å². The van der Waals surface area contributed by atoms with Crippen molar-refractivity contribution in [2.24, 2.45) is 0 Å². The summed E-state index contributed by atoms with van der Waals surface area (Å²) in [6.45, 7) is 2.38. The molecule has 3 rings (SSSR count). The van der Waals surface area contributed by atoms with E-state index in [0.29, 0.717) is 29.3 Å². The van der Waals surface area contributed by atoms with Crippen LogP contribution in [0.2, 0.25) is 0 Å². The molecule has 0 aliphatic carbocycles. The van der Waals surface area contributed by atoms with Gasteiger partial charge in [-0.3, -0.25) is 9.52 Å².